The van der Waals surface area contributed by atoms with Crippen molar-refractivity contribution in [1.29, 1.82) is 0 Å². The van der Waals surface area contributed by atoms with E-state index in [0.29, 0.717) is 11.8 Å². The molecule has 1 aromatic rings. The fraction of sp³-hybridized carbons (Fsp3) is 0.688. The van der Waals surface area contributed by atoms with Crippen molar-refractivity contribution in [3.05, 3.63) is 42.0 Å². The molecule has 0 unspecified atom stereocenters. The lowest BCUT2D eigenvalue weighted by Crippen LogP contribution is -2.19. The van der Waals surface area contributed by atoms with Crippen LogP contribution >= 0.6 is 0 Å². The third-order valence-electron chi connectivity index (χ3n) is 7.92. The first-order valence-electron chi connectivity index (χ1n) is 14.2. The van der Waals surface area contributed by atoms with Gasteiger partial charge in [-0.15, -0.1) is 0 Å². The molecule has 2 aliphatic rings. The molecule has 0 bridgehead atoms. The largest absolute Gasteiger partial charge is 0.493 e. The van der Waals surface area contributed by atoms with E-state index in [0.717, 1.165) is 24.2 Å². The van der Waals surface area contributed by atoms with E-state index < -0.39 is 0 Å². The molecule has 0 spiro atoms. The molecule has 0 heterocycles. The number of allylic oxidation sites excluding steroid dienone is 2. The van der Waals surface area contributed by atoms with E-state index in [1.165, 1.54) is 102 Å². The molecule has 0 atom stereocenters. The SMILES string of the molecule is CCCCCC1CCC(/C=C/C#CC2CCC(COc3ccc(CCCC)cc3)CC2)CC1. The van der Waals surface area contributed by atoms with Gasteiger partial charge in [0.15, 0.2) is 0 Å². The molecule has 2 fully saturated rings. The van der Waals surface area contributed by atoms with Crippen molar-refractivity contribution < 1.29 is 4.74 Å². The summed E-state index contributed by atoms with van der Waals surface area (Å²) in [5.41, 5.74) is 1.42. The smallest absolute Gasteiger partial charge is 0.119 e. The van der Waals surface area contributed by atoms with Gasteiger partial charge in [-0.05, 0) is 106 Å². The Morgan fingerprint density at radius 2 is 1.52 bits per heavy atom. The van der Waals surface area contributed by atoms with Crippen LogP contribution in [0.5, 0.6) is 5.75 Å². The molecule has 0 saturated heterocycles. The van der Waals surface area contributed by atoms with Gasteiger partial charge in [-0.25, -0.2) is 0 Å². The van der Waals surface area contributed by atoms with Crippen molar-refractivity contribution in [1.82, 2.24) is 0 Å². The van der Waals surface area contributed by atoms with E-state index in [-0.39, 0.29) is 0 Å². The summed E-state index contributed by atoms with van der Waals surface area (Å²) in [6.45, 7) is 5.41. The predicted molar refractivity (Wildman–Crippen MR) is 143 cm³/mol. The predicted octanol–water partition coefficient (Wildman–Crippen LogP) is 9.16. The molecule has 2 saturated carbocycles. The highest BCUT2D eigenvalue weighted by Crippen LogP contribution is 2.33. The Bertz CT molecular complexity index is 718. The molecule has 0 radical (unpaired) electrons. The Kier molecular flexibility index (Phi) is 12.0. The van der Waals surface area contributed by atoms with Crippen molar-refractivity contribution in [2.75, 3.05) is 6.61 Å². The van der Waals surface area contributed by atoms with Crippen LogP contribution in [0.1, 0.15) is 109 Å². The number of benzene rings is 1. The molecule has 0 N–H and O–H groups in total. The third kappa shape index (κ3) is 10.00. The van der Waals surface area contributed by atoms with Crippen LogP contribution in [0, 0.1) is 35.5 Å². The Balaban J connectivity index is 1.28. The summed E-state index contributed by atoms with van der Waals surface area (Å²) >= 11 is 0. The molecule has 0 aromatic heterocycles. The number of aryl methyl sites for hydroxylation is 1. The van der Waals surface area contributed by atoms with Gasteiger partial charge in [-0.2, -0.15) is 0 Å². The fourth-order valence-corrected chi connectivity index (χ4v) is 5.52. The molecule has 3 rings (SSSR count). The van der Waals surface area contributed by atoms with E-state index in [1.807, 2.05) is 0 Å². The van der Waals surface area contributed by atoms with Crippen LogP contribution in [0.25, 0.3) is 0 Å². The van der Waals surface area contributed by atoms with Crippen molar-refractivity contribution in [3.8, 4) is 17.6 Å². The molecule has 0 aliphatic heterocycles. The maximum atomic E-state index is 6.09. The van der Waals surface area contributed by atoms with Gasteiger partial charge >= 0.3 is 0 Å². The summed E-state index contributed by atoms with van der Waals surface area (Å²) in [5.74, 6) is 11.0. The standard InChI is InChI=1S/C32H48O/c1-3-5-7-11-28-14-16-29(17-15-28)12-8-9-13-30-18-20-31(21-19-30)26-33-32-24-22-27(23-25-32)10-6-4-2/h8,12,22-25,28-31H,3-7,10-11,14-21,26H2,1-2H3/b12-8+. The molecular weight excluding hydrogens is 400 g/mol. The summed E-state index contributed by atoms with van der Waals surface area (Å²) in [6, 6.07) is 8.75. The quantitative estimate of drug-likeness (QED) is 0.242. The number of unbranched alkanes of at least 4 members (excludes halogenated alkanes) is 3. The summed E-state index contributed by atoms with van der Waals surface area (Å²) in [5, 5.41) is 0. The summed E-state index contributed by atoms with van der Waals surface area (Å²) < 4.78 is 6.09. The Morgan fingerprint density at radius 1 is 0.818 bits per heavy atom. The van der Waals surface area contributed by atoms with Crippen LogP contribution in [0.3, 0.4) is 0 Å². The third-order valence-corrected chi connectivity index (χ3v) is 7.92. The van der Waals surface area contributed by atoms with Gasteiger partial charge in [-0.1, -0.05) is 76.0 Å². The second kappa shape index (κ2) is 15.3. The van der Waals surface area contributed by atoms with Crippen LogP contribution < -0.4 is 4.74 Å². The first-order valence-corrected chi connectivity index (χ1v) is 14.2. The molecular formula is C32H48O. The summed E-state index contributed by atoms with van der Waals surface area (Å²) in [6.07, 6.45) is 24.5. The normalized spacial score (nSPS) is 25.5. The van der Waals surface area contributed by atoms with Crippen molar-refractivity contribution in [2.45, 2.75) is 110 Å². The Morgan fingerprint density at radius 3 is 2.21 bits per heavy atom. The lowest BCUT2D eigenvalue weighted by atomic mass is 9.79. The van der Waals surface area contributed by atoms with Crippen molar-refractivity contribution in [2.24, 2.45) is 23.7 Å². The molecule has 0 amide bonds. The van der Waals surface area contributed by atoms with Crippen LogP contribution in [-0.4, -0.2) is 6.61 Å². The van der Waals surface area contributed by atoms with E-state index in [4.69, 9.17) is 4.74 Å². The average molecular weight is 449 g/mol. The van der Waals surface area contributed by atoms with Gasteiger partial charge in [0.1, 0.15) is 5.75 Å². The van der Waals surface area contributed by atoms with Gasteiger partial charge in [0.2, 0.25) is 0 Å². The fourth-order valence-electron chi connectivity index (χ4n) is 5.52. The van der Waals surface area contributed by atoms with Gasteiger partial charge in [0.05, 0.1) is 6.61 Å². The van der Waals surface area contributed by atoms with Gasteiger partial charge in [0, 0.05) is 5.92 Å². The van der Waals surface area contributed by atoms with Crippen LogP contribution in [-0.2, 0) is 6.42 Å². The van der Waals surface area contributed by atoms with Gasteiger partial charge < -0.3 is 4.74 Å². The lowest BCUT2D eigenvalue weighted by Gasteiger charge is -2.26. The first kappa shape index (κ1) is 25.9. The minimum atomic E-state index is 0.582. The number of hydrogen-bond acceptors (Lipinski definition) is 1. The monoisotopic (exact) mass is 448 g/mol. The van der Waals surface area contributed by atoms with E-state index in [1.54, 1.807) is 0 Å². The molecule has 2 aliphatic carbocycles. The highest BCUT2D eigenvalue weighted by molar-refractivity contribution is 5.27. The number of hydrogen-bond donors (Lipinski definition) is 0. The minimum Gasteiger partial charge on any atom is -0.493 e. The summed E-state index contributed by atoms with van der Waals surface area (Å²) in [4.78, 5) is 0. The topological polar surface area (TPSA) is 9.23 Å². The zero-order chi connectivity index (χ0) is 23.1. The average Bonchev–Trinajstić information content (AvgIpc) is 2.86. The van der Waals surface area contributed by atoms with E-state index in [2.05, 4.69) is 62.1 Å². The molecule has 182 valence electrons. The van der Waals surface area contributed by atoms with Gasteiger partial charge in [-0.3, -0.25) is 0 Å². The van der Waals surface area contributed by atoms with Gasteiger partial charge in [0.25, 0.3) is 0 Å². The number of ether oxygens (including phenoxy) is 1. The lowest BCUT2D eigenvalue weighted by molar-refractivity contribution is 0.196. The zero-order valence-electron chi connectivity index (χ0n) is 21.5. The molecule has 33 heavy (non-hydrogen) atoms. The highest BCUT2D eigenvalue weighted by Gasteiger charge is 2.21. The van der Waals surface area contributed by atoms with E-state index >= 15 is 0 Å². The van der Waals surface area contributed by atoms with Crippen molar-refractivity contribution in [3.63, 3.8) is 0 Å². The van der Waals surface area contributed by atoms with Crippen molar-refractivity contribution >= 4 is 0 Å². The molecule has 1 nitrogen and oxygen atoms in total. The van der Waals surface area contributed by atoms with Crippen LogP contribution in [0.2, 0.25) is 0 Å². The summed E-state index contributed by atoms with van der Waals surface area (Å²) in [7, 11) is 0. The van der Waals surface area contributed by atoms with E-state index in [9.17, 15) is 0 Å². The Hall–Kier alpha value is -1.68. The molecule has 1 heteroatoms. The maximum absolute atomic E-state index is 6.09. The maximum Gasteiger partial charge on any atom is 0.119 e. The zero-order valence-corrected chi connectivity index (χ0v) is 21.5. The van der Waals surface area contributed by atoms with Crippen LogP contribution in [0.15, 0.2) is 36.4 Å². The Labute approximate surface area is 204 Å². The second-order valence-electron chi connectivity index (χ2n) is 10.7. The second-order valence-corrected chi connectivity index (χ2v) is 10.7. The van der Waals surface area contributed by atoms with Crippen LogP contribution in [0.4, 0.5) is 0 Å². The molecule has 1 aromatic carbocycles. The first-order chi connectivity index (χ1) is 16.3. The number of rotatable bonds is 11. The minimum absolute atomic E-state index is 0.582. The highest BCUT2D eigenvalue weighted by atomic mass is 16.5.